The highest BCUT2D eigenvalue weighted by Gasteiger charge is 2.48. The van der Waals surface area contributed by atoms with Crippen LogP contribution in [0.3, 0.4) is 0 Å². The molecule has 0 N–H and O–H groups in total. The van der Waals surface area contributed by atoms with E-state index >= 15 is 0 Å². The number of allylic oxidation sites excluding steroid dienone is 4. The molecule has 16 heteroatoms. The molecule has 55 heavy (non-hydrogen) atoms. The van der Waals surface area contributed by atoms with Crippen molar-refractivity contribution in [1.82, 2.24) is 0 Å². The molecule has 7 rings (SSSR count). The highest BCUT2D eigenvalue weighted by atomic mass is 19.4. The maximum absolute atomic E-state index is 13.7. The Balaban J connectivity index is 1.36. The van der Waals surface area contributed by atoms with Crippen LogP contribution >= 0.6 is 0 Å². The Morgan fingerprint density at radius 3 is 1.56 bits per heavy atom. The summed E-state index contributed by atoms with van der Waals surface area (Å²) in [6, 6.07) is 9.58. The van der Waals surface area contributed by atoms with Gasteiger partial charge in [0.05, 0.1) is 33.7 Å². The third kappa shape index (κ3) is 6.25. The molecule has 3 aliphatic rings. The van der Waals surface area contributed by atoms with Crippen LogP contribution in [-0.2, 0) is 30.1 Å². The molecule has 3 aliphatic carbocycles. The maximum atomic E-state index is 13.7. The molecule has 0 bridgehead atoms. The van der Waals surface area contributed by atoms with Gasteiger partial charge in [-0.25, -0.2) is 0 Å². The normalized spacial score (nSPS) is 20.4. The Labute approximate surface area is 302 Å². The van der Waals surface area contributed by atoms with Crippen molar-refractivity contribution in [2.75, 3.05) is 0 Å². The van der Waals surface area contributed by atoms with Gasteiger partial charge in [0.25, 0.3) is 0 Å². The fourth-order valence-corrected chi connectivity index (χ4v) is 7.33. The van der Waals surface area contributed by atoms with Gasteiger partial charge in [0.2, 0.25) is 12.4 Å². The molecule has 0 saturated carbocycles. The monoisotopic (exact) mass is 770 g/mol. The Bertz CT molecular complexity index is 2470. The lowest BCUT2D eigenvalue weighted by atomic mass is 9.71. The number of nitriles is 2. The van der Waals surface area contributed by atoms with Gasteiger partial charge in [-0.2, -0.15) is 73.2 Å². The first-order valence-electron chi connectivity index (χ1n) is 15.8. The Morgan fingerprint density at radius 1 is 0.545 bits per heavy atom. The second-order valence-electron chi connectivity index (χ2n) is 13.2. The lowest BCUT2D eigenvalue weighted by Crippen LogP contribution is -2.29. The van der Waals surface area contributed by atoms with Crippen molar-refractivity contribution in [3.05, 3.63) is 135 Å². The van der Waals surface area contributed by atoms with Crippen LogP contribution in [0.1, 0.15) is 57.0 Å². The minimum Gasteiger partial charge on any atom is -0.177 e. The fourth-order valence-electron chi connectivity index (χ4n) is 7.33. The van der Waals surface area contributed by atoms with E-state index in [0.717, 1.165) is 0 Å². The van der Waals surface area contributed by atoms with E-state index in [1.165, 1.54) is 30.4 Å². The van der Waals surface area contributed by atoms with Gasteiger partial charge in [0.15, 0.2) is 0 Å². The van der Waals surface area contributed by atoms with Crippen molar-refractivity contribution >= 4 is 17.0 Å². The van der Waals surface area contributed by atoms with E-state index in [-0.39, 0.29) is 45.8 Å². The average Bonchev–Trinajstić information content (AvgIpc) is 3.53. The van der Waals surface area contributed by atoms with Gasteiger partial charge in [0.1, 0.15) is 0 Å². The first-order chi connectivity index (χ1) is 25.5. The molecule has 0 aromatic heterocycles. The molecule has 0 heterocycles. The van der Waals surface area contributed by atoms with Gasteiger partial charge in [0, 0.05) is 28.0 Å². The SMILES string of the molecule is CC12C=CC(c3cc(C(F)(F)F)cc(C(F)(F)F)c3)=CC1C(=NC#N)c1cc3c(cc12)C(=NC#N)c1cc(-c2cc(C(F)(F)F)cc(C(F)(F)F)c2)ccc1-3. The van der Waals surface area contributed by atoms with Crippen LogP contribution in [0.4, 0.5) is 52.7 Å². The van der Waals surface area contributed by atoms with E-state index in [4.69, 9.17) is 0 Å². The summed E-state index contributed by atoms with van der Waals surface area (Å²) in [5, 5.41) is 19.3. The zero-order valence-corrected chi connectivity index (χ0v) is 27.5. The van der Waals surface area contributed by atoms with Gasteiger partial charge in [-0.3, -0.25) is 0 Å². The number of hydrogen-bond donors (Lipinski definition) is 0. The summed E-state index contributed by atoms with van der Waals surface area (Å²) in [7, 11) is 0. The number of alkyl halides is 12. The van der Waals surface area contributed by atoms with E-state index in [1.54, 1.807) is 37.5 Å². The van der Waals surface area contributed by atoms with Crippen molar-refractivity contribution in [3.63, 3.8) is 0 Å². The smallest absolute Gasteiger partial charge is 0.177 e. The Hall–Kier alpha value is -6.16. The third-order valence-corrected chi connectivity index (χ3v) is 9.90. The quantitative estimate of drug-likeness (QED) is 0.132. The van der Waals surface area contributed by atoms with Crippen LogP contribution in [0.5, 0.6) is 0 Å². The summed E-state index contributed by atoms with van der Waals surface area (Å²) < 4.78 is 164. The molecule has 0 saturated heterocycles. The standard InChI is InChI=1S/C39H18F12N4/c1-35-5-4-19(21-8-24(38(46,47)48)13-25(9-21)39(49,50)51)11-32(35)34(55-17-53)30-14-27-26-3-2-18(10-28(26)33(54-16-52)29(27)15-31(30)35)20-6-22(36(40,41)42)12-23(7-20)37(43,44)45/h2-15,32H,1H3. The summed E-state index contributed by atoms with van der Waals surface area (Å²) in [4.78, 5) is 7.94. The van der Waals surface area contributed by atoms with Crippen LogP contribution in [0.25, 0.3) is 27.8 Å². The van der Waals surface area contributed by atoms with Crippen molar-refractivity contribution in [2.45, 2.75) is 37.0 Å². The Kier molecular flexibility index (Phi) is 8.23. The van der Waals surface area contributed by atoms with Crippen LogP contribution in [0, 0.1) is 28.8 Å². The van der Waals surface area contributed by atoms with Gasteiger partial charge in [-0.15, -0.1) is 0 Å². The molecule has 4 aromatic carbocycles. The molecule has 2 atom stereocenters. The second kappa shape index (κ2) is 12.2. The minimum absolute atomic E-state index is 0.00191. The molecule has 278 valence electrons. The summed E-state index contributed by atoms with van der Waals surface area (Å²) >= 11 is 0. The van der Waals surface area contributed by atoms with Crippen molar-refractivity contribution in [2.24, 2.45) is 15.9 Å². The molecular formula is C39H18F12N4. The van der Waals surface area contributed by atoms with Crippen LogP contribution in [0.15, 0.2) is 94.9 Å². The summed E-state index contributed by atoms with van der Waals surface area (Å²) in [6.45, 7) is 1.70. The second-order valence-corrected chi connectivity index (χ2v) is 13.2. The minimum atomic E-state index is -5.10. The van der Waals surface area contributed by atoms with E-state index in [2.05, 4.69) is 9.98 Å². The number of hydrogen-bond acceptors (Lipinski definition) is 4. The molecule has 0 amide bonds. The molecule has 2 unspecified atom stereocenters. The predicted octanol–water partition coefficient (Wildman–Crippen LogP) is 11.5. The number of nitrogens with zero attached hydrogens (tertiary/aromatic N) is 4. The summed E-state index contributed by atoms with van der Waals surface area (Å²) in [5.74, 6) is -0.879. The van der Waals surface area contributed by atoms with E-state index in [9.17, 15) is 63.2 Å². The molecule has 0 fully saturated rings. The van der Waals surface area contributed by atoms with Crippen LogP contribution in [-0.4, -0.2) is 11.4 Å². The van der Waals surface area contributed by atoms with Crippen molar-refractivity contribution in [1.29, 1.82) is 10.5 Å². The van der Waals surface area contributed by atoms with Crippen molar-refractivity contribution < 1.29 is 52.7 Å². The third-order valence-electron chi connectivity index (χ3n) is 9.90. The zero-order valence-electron chi connectivity index (χ0n) is 27.5. The van der Waals surface area contributed by atoms with Gasteiger partial charge in [-0.05, 0) is 93.6 Å². The lowest BCUT2D eigenvalue weighted by molar-refractivity contribution is -0.144. The highest BCUT2D eigenvalue weighted by molar-refractivity contribution is 6.26. The number of benzene rings is 4. The number of aliphatic imine (C=N–C) groups is 2. The zero-order chi connectivity index (χ0) is 40.0. The Morgan fingerprint density at radius 2 is 1.05 bits per heavy atom. The van der Waals surface area contributed by atoms with Gasteiger partial charge >= 0.3 is 24.7 Å². The van der Waals surface area contributed by atoms with Crippen molar-refractivity contribution in [3.8, 4) is 34.6 Å². The largest absolute Gasteiger partial charge is 0.416 e. The highest BCUT2D eigenvalue weighted by Crippen LogP contribution is 2.53. The number of halogens is 12. The predicted molar refractivity (Wildman–Crippen MR) is 175 cm³/mol. The summed E-state index contributed by atoms with van der Waals surface area (Å²) in [6.07, 6.45) is -12.7. The molecule has 0 spiro atoms. The van der Waals surface area contributed by atoms with Crippen LogP contribution in [0.2, 0.25) is 0 Å². The number of fused-ring (bicyclic) bond motifs is 6. The summed E-state index contributed by atoms with van der Waals surface area (Å²) in [5.41, 5.74) is -5.67. The average molecular weight is 771 g/mol. The number of rotatable bonds is 2. The first kappa shape index (κ1) is 37.2. The molecular weight excluding hydrogens is 752 g/mol. The van der Waals surface area contributed by atoms with E-state index in [0.29, 0.717) is 52.1 Å². The van der Waals surface area contributed by atoms with Gasteiger partial charge < -0.3 is 0 Å². The topological polar surface area (TPSA) is 72.3 Å². The maximum Gasteiger partial charge on any atom is 0.416 e. The fraction of sp³-hybridized carbons (Fsp3) is 0.179. The molecule has 4 aromatic rings. The van der Waals surface area contributed by atoms with Gasteiger partial charge in [-0.1, -0.05) is 37.3 Å². The first-order valence-corrected chi connectivity index (χ1v) is 15.8. The van der Waals surface area contributed by atoms with Crippen LogP contribution < -0.4 is 0 Å². The lowest BCUT2D eigenvalue weighted by Gasteiger charge is -2.31. The molecule has 0 aliphatic heterocycles. The van der Waals surface area contributed by atoms with E-state index in [1.807, 2.05) is 0 Å². The molecule has 4 nitrogen and oxygen atoms in total. The van der Waals surface area contributed by atoms with E-state index < -0.39 is 63.9 Å². The molecule has 0 radical (unpaired) electrons.